The second-order valence-electron chi connectivity index (χ2n) is 11.6. The van der Waals surface area contributed by atoms with E-state index in [1.807, 2.05) is 0 Å². The van der Waals surface area contributed by atoms with E-state index in [9.17, 15) is 4.79 Å². The summed E-state index contributed by atoms with van der Waals surface area (Å²) < 4.78 is 0. The van der Waals surface area contributed by atoms with E-state index >= 15 is 0 Å². The Bertz CT molecular complexity index is 828. The number of hydrogen-bond donors (Lipinski definition) is 0. The fraction of sp³-hybridized carbons (Fsp3) is 0.607. The van der Waals surface area contributed by atoms with Crippen molar-refractivity contribution < 1.29 is 4.79 Å². The monoisotopic (exact) mass is 407 g/mol. The number of benzene rings is 1. The number of carbonyl (C=O) groups is 1. The van der Waals surface area contributed by atoms with Crippen molar-refractivity contribution in [3.63, 3.8) is 0 Å². The fourth-order valence-electron chi connectivity index (χ4n) is 7.02. The number of hydrogen-bond acceptors (Lipinski definition) is 1. The van der Waals surface area contributed by atoms with Crippen LogP contribution in [0.1, 0.15) is 77.8 Å². The minimum atomic E-state index is -0.00269. The zero-order chi connectivity index (χ0) is 22.2. The van der Waals surface area contributed by atoms with Crippen LogP contribution in [0.5, 0.6) is 0 Å². The van der Waals surface area contributed by atoms with E-state index in [0.717, 1.165) is 38.6 Å². The lowest BCUT2D eigenvalue weighted by Gasteiger charge is -2.50. The van der Waals surface area contributed by atoms with Crippen molar-refractivity contribution in [2.24, 2.45) is 21.7 Å². The van der Waals surface area contributed by atoms with E-state index in [0.29, 0.717) is 18.9 Å². The van der Waals surface area contributed by atoms with Gasteiger partial charge < -0.3 is 4.90 Å². The summed E-state index contributed by atoms with van der Waals surface area (Å²) in [4.78, 5) is 15.6. The second kappa shape index (κ2) is 8.02. The summed E-state index contributed by atoms with van der Waals surface area (Å²) in [5.74, 6) is 0.303. The fourth-order valence-corrected chi connectivity index (χ4v) is 7.02. The molecule has 1 saturated carbocycles. The Hall–Kier alpha value is -1.83. The number of allylic oxidation sites excluding steroid dienone is 2. The van der Waals surface area contributed by atoms with Gasteiger partial charge in [0, 0.05) is 19.5 Å². The minimum Gasteiger partial charge on any atom is -0.338 e. The van der Waals surface area contributed by atoms with Crippen LogP contribution in [0.15, 0.2) is 49.6 Å². The van der Waals surface area contributed by atoms with Crippen molar-refractivity contribution in [3.8, 4) is 0 Å². The molecule has 2 fully saturated rings. The van der Waals surface area contributed by atoms with Gasteiger partial charge in [-0.05, 0) is 64.9 Å². The Morgan fingerprint density at radius 3 is 2.13 bits per heavy atom. The predicted molar refractivity (Wildman–Crippen MR) is 127 cm³/mol. The summed E-state index contributed by atoms with van der Waals surface area (Å²) in [6.07, 6.45) is 10.1. The molecule has 2 heteroatoms. The molecule has 1 aliphatic heterocycles. The first-order chi connectivity index (χ1) is 13.9. The molecule has 2 nitrogen and oxygen atoms in total. The Morgan fingerprint density at radius 1 is 0.933 bits per heavy atom. The molecule has 1 heterocycles. The highest BCUT2D eigenvalue weighted by Gasteiger charge is 2.50. The van der Waals surface area contributed by atoms with Crippen molar-refractivity contribution in [2.75, 3.05) is 6.54 Å². The molecular weight excluding hydrogens is 366 g/mol. The Morgan fingerprint density at radius 2 is 1.53 bits per heavy atom. The van der Waals surface area contributed by atoms with Crippen LogP contribution in [-0.4, -0.2) is 17.4 Å². The van der Waals surface area contributed by atoms with Crippen LogP contribution >= 0.6 is 0 Å². The molecule has 1 amide bonds. The number of rotatable bonds is 5. The summed E-state index contributed by atoms with van der Waals surface area (Å²) in [5, 5.41) is 0. The normalized spacial score (nSPS) is 37.1. The standard InChI is InChI=1S/C28H41NO/c1-8-22-12-11-13-23(14-22)16-29-21-28(7)19-26(5,10-3)17-25(4,9-2)18-27(6,20-28)15-24(29)30/h9-14H,2-3,8,15-21H2,1,4-7H3. The molecule has 4 unspecified atom stereocenters. The SMILES string of the molecule is C=CC1(C)CC(C)(C=C)CC2(C)CN(Cc3cccc(CC)c3)C(=O)CC(C)(C1)C2. The molecular formula is C28H41NO. The molecule has 2 aliphatic rings. The first-order valence-electron chi connectivity index (χ1n) is 11.6. The largest absolute Gasteiger partial charge is 0.338 e. The topological polar surface area (TPSA) is 20.3 Å². The highest BCUT2D eigenvalue weighted by molar-refractivity contribution is 5.77. The average molecular weight is 408 g/mol. The van der Waals surface area contributed by atoms with Crippen LogP contribution in [0.2, 0.25) is 0 Å². The third-order valence-corrected chi connectivity index (χ3v) is 7.58. The lowest BCUT2D eigenvalue weighted by atomic mass is 9.54. The lowest BCUT2D eigenvalue weighted by Crippen LogP contribution is -2.43. The third kappa shape index (κ3) is 4.90. The van der Waals surface area contributed by atoms with Crippen LogP contribution in [0.25, 0.3) is 0 Å². The Kier molecular flexibility index (Phi) is 6.11. The van der Waals surface area contributed by atoms with E-state index in [1.54, 1.807) is 0 Å². The van der Waals surface area contributed by atoms with Gasteiger partial charge >= 0.3 is 0 Å². The van der Waals surface area contributed by atoms with E-state index in [-0.39, 0.29) is 21.7 Å². The number of nitrogens with zero attached hydrogens (tertiary/aromatic N) is 1. The van der Waals surface area contributed by atoms with Gasteiger partial charge in [-0.1, -0.05) is 71.0 Å². The first kappa shape index (κ1) is 22.8. The van der Waals surface area contributed by atoms with Gasteiger partial charge in [0.2, 0.25) is 5.91 Å². The van der Waals surface area contributed by atoms with Gasteiger partial charge in [-0.25, -0.2) is 0 Å². The van der Waals surface area contributed by atoms with Gasteiger partial charge in [-0.3, -0.25) is 4.79 Å². The van der Waals surface area contributed by atoms with Gasteiger partial charge in [0.05, 0.1) is 0 Å². The molecule has 1 aliphatic carbocycles. The number of fused-ring (bicyclic) bond motifs is 2. The van der Waals surface area contributed by atoms with E-state index in [2.05, 4.69) is 89.1 Å². The van der Waals surface area contributed by atoms with Gasteiger partial charge in [0.25, 0.3) is 0 Å². The summed E-state index contributed by atoms with van der Waals surface area (Å²) in [7, 11) is 0. The van der Waals surface area contributed by atoms with E-state index in [4.69, 9.17) is 0 Å². The van der Waals surface area contributed by atoms with Crippen molar-refractivity contribution in [2.45, 2.75) is 79.7 Å². The van der Waals surface area contributed by atoms with E-state index in [1.165, 1.54) is 11.1 Å². The molecule has 0 spiro atoms. The van der Waals surface area contributed by atoms with Crippen LogP contribution in [0.3, 0.4) is 0 Å². The number of aryl methyl sites for hydroxylation is 1. The zero-order valence-electron chi connectivity index (χ0n) is 19.9. The molecule has 30 heavy (non-hydrogen) atoms. The molecule has 1 aromatic rings. The van der Waals surface area contributed by atoms with Crippen LogP contribution in [0.4, 0.5) is 0 Å². The maximum atomic E-state index is 13.5. The first-order valence-corrected chi connectivity index (χ1v) is 11.6. The average Bonchev–Trinajstić information content (AvgIpc) is 2.74. The quantitative estimate of drug-likeness (QED) is 0.483. The molecule has 0 N–H and O–H groups in total. The maximum absolute atomic E-state index is 13.5. The number of carbonyl (C=O) groups excluding carboxylic acids is 1. The summed E-state index contributed by atoms with van der Waals surface area (Å²) in [5.41, 5.74) is 2.71. The van der Waals surface area contributed by atoms with Crippen LogP contribution < -0.4 is 0 Å². The molecule has 0 radical (unpaired) electrons. The molecule has 1 saturated heterocycles. The Balaban J connectivity index is 1.97. The lowest BCUT2D eigenvalue weighted by molar-refractivity contribution is -0.133. The van der Waals surface area contributed by atoms with Crippen molar-refractivity contribution in [1.82, 2.24) is 4.90 Å². The van der Waals surface area contributed by atoms with Gasteiger partial charge in [0.15, 0.2) is 0 Å². The van der Waals surface area contributed by atoms with E-state index < -0.39 is 0 Å². The molecule has 1 aromatic carbocycles. The highest BCUT2D eigenvalue weighted by Crippen LogP contribution is 2.57. The number of likely N-dealkylation sites (tertiary alicyclic amines) is 1. The number of amides is 1. The van der Waals surface area contributed by atoms with Crippen molar-refractivity contribution in [3.05, 3.63) is 60.7 Å². The van der Waals surface area contributed by atoms with Crippen molar-refractivity contribution >= 4 is 5.91 Å². The summed E-state index contributed by atoms with van der Waals surface area (Å²) in [6.45, 7) is 21.5. The highest BCUT2D eigenvalue weighted by atomic mass is 16.2. The molecule has 3 rings (SSSR count). The minimum absolute atomic E-state index is 0.00269. The van der Waals surface area contributed by atoms with Crippen LogP contribution in [-0.2, 0) is 17.8 Å². The molecule has 2 bridgehead atoms. The zero-order valence-corrected chi connectivity index (χ0v) is 19.9. The van der Waals surface area contributed by atoms with Gasteiger partial charge in [-0.15, -0.1) is 13.2 Å². The van der Waals surface area contributed by atoms with Gasteiger partial charge in [0.1, 0.15) is 0 Å². The van der Waals surface area contributed by atoms with Crippen molar-refractivity contribution in [1.29, 1.82) is 0 Å². The molecule has 0 aromatic heterocycles. The molecule has 4 atom stereocenters. The summed E-state index contributed by atoms with van der Waals surface area (Å²) >= 11 is 0. The van der Waals surface area contributed by atoms with Crippen LogP contribution in [0, 0.1) is 21.7 Å². The third-order valence-electron chi connectivity index (χ3n) is 7.58. The smallest absolute Gasteiger partial charge is 0.223 e. The summed E-state index contributed by atoms with van der Waals surface area (Å²) in [6, 6.07) is 8.71. The predicted octanol–water partition coefficient (Wildman–Crippen LogP) is 6.95. The maximum Gasteiger partial charge on any atom is 0.223 e. The molecule has 164 valence electrons. The Labute approximate surface area is 184 Å². The second-order valence-corrected chi connectivity index (χ2v) is 11.6. The van der Waals surface area contributed by atoms with Gasteiger partial charge in [-0.2, -0.15) is 0 Å².